The number of fused-ring (bicyclic) bond motifs is 1. The zero-order valence-corrected chi connectivity index (χ0v) is 13.7. The molecule has 0 amide bonds. The highest BCUT2D eigenvalue weighted by Gasteiger charge is 2.12. The van der Waals surface area contributed by atoms with E-state index in [4.69, 9.17) is 0 Å². The number of hydrogen-bond donors (Lipinski definition) is 2. The summed E-state index contributed by atoms with van der Waals surface area (Å²) in [6.07, 6.45) is 1.08. The zero-order chi connectivity index (χ0) is 13.8. The maximum atomic E-state index is 9.84. The SMILES string of the molecule is CCN(CCc1nc2ccc(Br)cc2[nH]1)C(O)CP. The van der Waals surface area contributed by atoms with Crippen LogP contribution < -0.4 is 0 Å². The first-order valence-corrected chi connectivity index (χ1v) is 8.01. The number of H-pyrrole nitrogens is 1. The molecule has 0 aliphatic carbocycles. The Labute approximate surface area is 123 Å². The molecule has 0 spiro atoms. The number of nitrogens with zero attached hydrogens (tertiary/aromatic N) is 2. The van der Waals surface area contributed by atoms with Gasteiger partial charge in [0.25, 0.3) is 0 Å². The number of benzene rings is 1. The van der Waals surface area contributed by atoms with Gasteiger partial charge in [0.05, 0.1) is 11.0 Å². The van der Waals surface area contributed by atoms with Gasteiger partial charge < -0.3 is 10.1 Å². The van der Waals surface area contributed by atoms with Gasteiger partial charge in [0.1, 0.15) is 12.1 Å². The molecule has 2 N–H and O–H groups in total. The largest absolute Gasteiger partial charge is 0.378 e. The van der Waals surface area contributed by atoms with Crippen molar-refractivity contribution in [2.45, 2.75) is 19.6 Å². The second kappa shape index (κ2) is 6.80. The molecule has 0 fully saturated rings. The van der Waals surface area contributed by atoms with Gasteiger partial charge in [-0.05, 0) is 24.7 Å². The standard InChI is InChI=1S/C13H19BrN3OP/c1-2-17(13(18)8-19)6-5-12-15-10-4-3-9(14)7-11(10)16-12/h3-4,7,13,18H,2,5-6,8,19H2,1H3,(H,15,16). The summed E-state index contributed by atoms with van der Waals surface area (Å²) in [6, 6.07) is 6.01. The van der Waals surface area contributed by atoms with Crippen molar-refractivity contribution in [3.05, 3.63) is 28.5 Å². The molecule has 0 saturated carbocycles. The molecular formula is C13H19BrN3OP. The first kappa shape index (κ1) is 14.9. The molecule has 0 aliphatic rings. The van der Waals surface area contributed by atoms with Crippen LogP contribution in [0.25, 0.3) is 11.0 Å². The number of halogens is 1. The third kappa shape index (κ3) is 3.76. The van der Waals surface area contributed by atoms with Crippen LogP contribution in [0.4, 0.5) is 0 Å². The number of aromatic nitrogens is 2. The van der Waals surface area contributed by atoms with Crippen molar-refractivity contribution >= 4 is 36.2 Å². The van der Waals surface area contributed by atoms with Crippen LogP contribution in [0.15, 0.2) is 22.7 Å². The normalized spacial score (nSPS) is 13.3. The molecule has 0 radical (unpaired) electrons. The predicted octanol–water partition coefficient (Wildman–Crippen LogP) is 2.38. The van der Waals surface area contributed by atoms with Crippen LogP contribution in [0.1, 0.15) is 12.7 Å². The third-order valence-corrected chi connectivity index (χ3v) is 4.08. The van der Waals surface area contributed by atoms with Crippen LogP contribution in [-0.4, -0.2) is 45.5 Å². The minimum absolute atomic E-state index is 0.395. The molecule has 19 heavy (non-hydrogen) atoms. The van der Waals surface area contributed by atoms with Crippen molar-refractivity contribution in [2.75, 3.05) is 19.3 Å². The summed E-state index contributed by atoms with van der Waals surface area (Å²) in [4.78, 5) is 9.91. The zero-order valence-electron chi connectivity index (χ0n) is 10.9. The number of rotatable bonds is 6. The fourth-order valence-electron chi connectivity index (χ4n) is 2.07. The lowest BCUT2D eigenvalue weighted by Gasteiger charge is -2.24. The van der Waals surface area contributed by atoms with E-state index in [1.165, 1.54) is 0 Å². The van der Waals surface area contributed by atoms with Gasteiger partial charge in [-0.15, -0.1) is 9.24 Å². The maximum Gasteiger partial charge on any atom is 0.110 e. The predicted molar refractivity (Wildman–Crippen MR) is 85.3 cm³/mol. The lowest BCUT2D eigenvalue weighted by Crippen LogP contribution is -2.37. The number of aliphatic hydroxyl groups excluding tert-OH is 1. The van der Waals surface area contributed by atoms with Crippen molar-refractivity contribution in [3.63, 3.8) is 0 Å². The summed E-state index contributed by atoms with van der Waals surface area (Å²) < 4.78 is 1.05. The molecule has 2 unspecified atom stereocenters. The van der Waals surface area contributed by atoms with E-state index in [2.05, 4.69) is 42.1 Å². The second-order valence-corrected chi connectivity index (χ2v) is 5.83. The number of imidazole rings is 1. The number of likely N-dealkylation sites (N-methyl/N-ethyl adjacent to an activating group) is 1. The van der Waals surface area contributed by atoms with E-state index >= 15 is 0 Å². The van der Waals surface area contributed by atoms with E-state index < -0.39 is 6.23 Å². The van der Waals surface area contributed by atoms with E-state index in [1.807, 2.05) is 23.1 Å². The number of aliphatic hydroxyl groups is 1. The monoisotopic (exact) mass is 343 g/mol. The Bertz CT molecular complexity index is 546. The van der Waals surface area contributed by atoms with E-state index in [0.717, 1.165) is 40.8 Å². The topological polar surface area (TPSA) is 52.2 Å². The molecule has 2 aromatic rings. The molecule has 0 saturated heterocycles. The quantitative estimate of drug-likeness (QED) is 0.625. The summed E-state index contributed by atoms with van der Waals surface area (Å²) in [6.45, 7) is 3.69. The van der Waals surface area contributed by atoms with E-state index in [-0.39, 0.29) is 0 Å². The summed E-state index contributed by atoms with van der Waals surface area (Å²) in [5, 5.41) is 9.84. The number of nitrogens with one attached hydrogen (secondary N) is 1. The van der Waals surface area contributed by atoms with Crippen molar-refractivity contribution in [1.82, 2.24) is 14.9 Å². The third-order valence-electron chi connectivity index (χ3n) is 3.17. The van der Waals surface area contributed by atoms with Crippen LogP contribution >= 0.6 is 25.2 Å². The van der Waals surface area contributed by atoms with Gasteiger partial charge in [-0.25, -0.2) is 4.98 Å². The number of aromatic amines is 1. The van der Waals surface area contributed by atoms with E-state index in [9.17, 15) is 5.11 Å². The van der Waals surface area contributed by atoms with E-state index in [0.29, 0.717) is 6.16 Å². The maximum absolute atomic E-state index is 9.84. The first-order valence-electron chi connectivity index (χ1n) is 6.40. The molecule has 1 heterocycles. The highest BCUT2D eigenvalue weighted by atomic mass is 79.9. The Morgan fingerprint density at radius 3 is 3.00 bits per heavy atom. The van der Waals surface area contributed by atoms with Gasteiger partial charge in [0.2, 0.25) is 0 Å². The fraction of sp³-hybridized carbons (Fsp3) is 0.462. The fourth-order valence-corrected chi connectivity index (χ4v) is 2.73. The molecule has 0 bridgehead atoms. The Hall–Kier alpha value is -0.480. The van der Waals surface area contributed by atoms with Gasteiger partial charge in [-0.2, -0.15) is 0 Å². The molecule has 6 heteroatoms. The molecule has 1 aromatic heterocycles. The molecule has 0 aliphatic heterocycles. The Morgan fingerprint density at radius 2 is 2.32 bits per heavy atom. The van der Waals surface area contributed by atoms with Crippen molar-refractivity contribution in [3.8, 4) is 0 Å². The summed E-state index contributed by atoms with van der Waals surface area (Å²) in [5.74, 6) is 0.961. The summed E-state index contributed by atoms with van der Waals surface area (Å²) >= 11 is 3.45. The van der Waals surface area contributed by atoms with Crippen molar-refractivity contribution < 1.29 is 5.11 Å². The molecule has 1 aromatic carbocycles. The van der Waals surface area contributed by atoms with Crippen LogP contribution in [0.2, 0.25) is 0 Å². The first-order chi connectivity index (χ1) is 9.13. The Balaban J connectivity index is 2.05. The minimum Gasteiger partial charge on any atom is -0.378 e. The Morgan fingerprint density at radius 1 is 1.53 bits per heavy atom. The molecule has 104 valence electrons. The minimum atomic E-state index is -0.395. The lowest BCUT2D eigenvalue weighted by molar-refractivity contribution is 0.0268. The van der Waals surface area contributed by atoms with Gasteiger partial charge >= 0.3 is 0 Å². The van der Waals surface area contributed by atoms with Gasteiger partial charge in [-0.3, -0.25) is 4.90 Å². The summed E-state index contributed by atoms with van der Waals surface area (Å²) in [5.41, 5.74) is 2.02. The van der Waals surface area contributed by atoms with E-state index in [1.54, 1.807) is 0 Å². The highest BCUT2D eigenvalue weighted by molar-refractivity contribution is 9.10. The van der Waals surface area contributed by atoms with Gasteiger partial charge in [-0.1, -0.05) is 22.9 Å². The van der Waals surface area contributed by atoms with Gasteiger partial charge in [0, 0.05) is 23.6 Å². The number of hydrogen-bond acceptors (Lipinski definition) is 3. The molecule has 2 atom stereocenters. The second-order valence-electron chi connectivity index (χ2n) is 4.44. The highest BCUT2D eigenvalue weighted by Crippen LogP contribution is 2.18. The molecule has 2 rings (SSSR count). The van der Waals surface area contributed by atoms with Crippen LogP contribution in [0, 0.1) is 0 Å². The lowest BCUT2D eigenvalue weighted by atomic mass is 10.3. The smallest absolute Gasteiger partial charge is 0.110 e. The van der Waals surface area contributed by atoms with Gasteiger partial charge in [0.15, 0.2) is 0 Å². The van der Waals surface area contributed by atoms with Crippen LogP contribution in [0.3, 0.4) is 0 Å². The molecule has 4 nitrogen and oxygen atoms in total. The van der Waals surface area contributed by atoms with Crippen molar-refractivity contribution in [1.29, 1.82) is 0 Å². The average molecular weight is 344 g/mol. The summed E-state index contributed by atoms with van der Waals surface area (Å²) in [7, 11) is 2.57. The van der Waals surface area contributed by atoms with Crippen LogP contribution in [0.5, 0.6) is 0 Å². The molecular weight excluding hydrogens is 325 g/mol. The van der Waals surface area contributed by atoms with Crippen molar-refractivity contribution in [2.24, 2.45) is 0 Å². The van der Waals surface area contributed by atoms with Crippen LogP contribution in [-0.2, 0) is 6.42 Å². The average Bonchev–Trinajstić information content (AvgIpc) is 2.80. The Kier molecular flexibility index (Phi) is 5.34.